The summed E-state index contributed by atoms with van der Waals surface area (Å²) in [5.74, 6) is -1.33. The Balaban J connectivity index is 2.20. The normalized spacial score (nSPS) is 18.8. The van der Waals surface area contributed by atoms with Crippen LogP contribution in [0.15, 0.2) is 58.3 Å². The standard InChI is InChI=1S/C16H14O6S2/c1-22-16(17)12-7-3-5-9-14(12)24(20,21)15-10-23(18,19)13-8-4-2-6-11(13)15/h2-9,15H,10H2,1H3. The molecule has 1 aliphatic rings. The summed E-state index contributed by atoms with van der Waals surface area (Å²) in [6.07, 6.45) is 0. The number of esters is 1. The number of carbonyl (C=O) groups is 1. The van der Waals surface area contributed by atoms with Gasteiger partial charge in [0, 0.05) is 0 Å². The Kier molecular flexibility index (Phi) is 3.97. The number of methoxy groups -OCH3 is 1. The molecule has 1 atom stereocenters. The highest BCUT2D eigenvalue weighted by atomic mass is 32.2. The SMILES string of the molecule is COC(=O)c1ccccc1S(=O)(=O)C1CS(=O)(=O)c2ccccc21. The van der Waals surface area contributed by atoms with Crippen LogP contribution in [0.5, 0.6) is 0 Å². The Bertz CT molecular complexity index is 1020. The predicted molar refractivity (Wildman–Crippen MR) is 86.2 cm³/mol. The fourth-order valence-electron chi connectivity index (χ4n) is 2.81. The van der Waals surface area contributed by atoms with Crippen molar-refractivity contribution in [3.63, 3.8) is 0 Å². The summed E-state index contributed by atoms with van der Waals surface area (Å²) in [6.45, 7) is 0. The molecule has 0 fully saturated rings. The van der Waals surface area contributed by atoms with Gasteiger partial charge in [-0.25, -0.2) is 21.6 Å². The average Bonchev–Trinajstić information content (AvgIpc) is 2.87. The zero-order valence-electron chi connectivity index (χ0n) is 12.7. The molecule has 2 aromatic carbocycles. The molecule has 1 unspecified atom stereocenters. The lowest BCUT2D eigenvalue weighted by Gasteiger charge is -2.14. The van der Waals surface area contributed by atoms with E-state index < -0.39 is 36.6 Å². The lowest BCUT2D eigenvalue weighted by atomic mass is 10.2. The summed E-state index contributed by atoms with van der Waals surface area (Å²) in [6, 6.07) is 11.7. The van der Waals surface area contributed by atoms with Crippen molar-refractivity contribution in [2.24, 2.45) is 0 Å². The summed E-state index contributed by atoms with van der Waals surface area (Å²) >= 11 is 0. The van der Waals surface area contributed by atoms with Crippen LogP contribution in [0, 0.1) is 0 Å². The van der Waals surface area contributed by atoms with Gasteiger partial charge in [-0.1, -0.05) is 30.3 Å². The lowest BCUT2D eigenvalue weighted by Crippen LogP contribution is -2.19. The first-order valence-corrected chi connectivity index (χ1v) is 10.2. The van der Waals surface area contributed by atoms with E-state index in [1.54, 1.807) is 12.1 Å². The quantitative estimate of drug-likeness (QED) is 0.769. The topological polar surface area (TPSA) is 94.6 Å². The molecule has 1 heterocycles. The molecule has 0 radical (unpaired) electrons. The van der Waals surface area contributed by atoms with Crippen molar-refractivity contribution in [1.29, 1.82) is 0 Å². The van der Waals surface area contributed by atoms with E-state index in [9.17, 15) is 21.6 Å². The number of ether oxygens (including phenoxy) is 1. The van der Waals surface area contributed by atoms with Crippen molar-refractivity contribution in [1.82, 2.24) is 0 Å². The maximum atomic E-state index is 13.1. The van der Waals surface area contributed by atoms with Crippen molar-refractivity contribution < 1.29 is 26.4 Å². The molecule has 126 valence electrons. The highest BCUT2D eigenvalue weighted by Crippen LogP contribution is 2.41. The van der Waals surface area contributed by atoms with Crippen LogP contribution in [0.3, 0.4) is 0 Å². The number of rotatable bonds is 3. The summed E-state index contributed by atoms with van der Waals surface area (Å²) in [5, 5.41) is -1.25. The van der Waals surface area contributed by atoms with Crippen molar-refractivity contribution in [3.8, 4) is 0 Å². The molecule has 0 saturated heterocycles. The summed E-state index contributed by atoms with van der Waals surface area (Å²) in [4.78, 5) is 11.7. The fraction of sp³-hybridized carbons (Fsp3) is 0.188. The Morgan fingerprint density at radius 2 is 1.71 bits per heavy atom. The maximum Gasteiger partial charge on any atom is 0.339 e. The van der Waals surface area contributed by atoms with E-state index in [1.807, 2.05) is 0 Å². The molecule has 0 bridgehead atoms. The van der Waals surface area contributed by atoms with Gasteiger partial charge in [0.2, 0.25) is 0 Å². The van der Waals surface area contributed by atoms with E-state index in [2.05, 4.69) is 4.74 Å². The Labute approximate surface area is 139 Å². The summed E-state index contributed by atoms with van der Waals surface area (Å²) in [5.41, 5.74) is 0.124. The second-order valence-electron chi connectivity index (χ2n) is 5.34. The first kappa shape index (κ1) is 16.7. The predicted octanol–water partition coefficient (Wildman–Crippen LogP) is 1.78. The van der Waals surface area contributed by atoms with Crippen molar-refractivity contribution in [3.05, 3.63) is 59.7 Å². The highest BCUT2D eigenvalue weighted by Gasteiger charge is 2.43. The maximum absolute atomic E-state index is 13.1. The summed E-state index contributed by atoms with van der Waals surface area (Å²) in [7, 11) is -6.61. The van der Waals surface area contributed by atoms with E-state index in [0.29, 0.717) is 0 Å². The van der Waals surface area contributed by atoms with Crippen LogP contribution in [0.25, 0.3) is 0 Å². The molecule has 0 amide bonds. The van der Waals surface area contributed by atoms with Crippen molar-refractivity contribution in [2.75, 3.05) is 12.9 Å². The molecular formula is C16H14O6S2. The molecule has 6 nitrogen and oxygen atoms in total. The van der Waals surface area contributed by atoms with Crippen LogP contribution in [0.4, 0.5) is 0 Å². The minimum absolute atomic E-state index is 0.0223. The molecule has 3 rings (SSSR count). The number of hydrogen-bond donors (Lipinski definition) is 0. The zero-order chi connectivity index (χ0) is 17.5. The first-order chi connectivity index (χ1) is 11.3. The van der Waals surface area contributed by atoms with Gasteiger partial charge in [-0.15, -0.1) is 0 Å². The van der Waals surface area contributed by atoms with Crippen LogP contribution in [-0.2, 0) is 24.4 Å². The van der Waals surface area contributed by atoms with Gasteiger partial charge >= 0.3 is 5.97 Å². The largest absolute Gasteiger partial charge is 0.465 e. The van der Waals surface area contributed by atoms with E-state index in [0.717, 1.165) is 7.11 Å². The molecular weight excluding hydrogens is 352 g/mol. The minimum atomic E-state index is -4.09. The molecule has 0 aliphatic carbocycles. The third-order valence-corrected chi connectivity index (χ3v) is 8.11. The van der Waals surface area contributed by atoms with E-state index in [-0.39, 0.29) is 20.9 Å². The Hall–Kier alpha value is -2.19. The lowest BCUT2D eigenvalue weighted by molar-refractivity contribution is 0.0596. The molecule has 0 saturated carbocycles. The number of fused-ring (bicyclic) bond motifs is 1. The molecule has 0 spiro atoms. The van der Waals surface area contributed by atoms with Gasteiger partial charge in [-0.2, -0.15) is 0 Å². The average molecular weight is 366 g/mol. The number of hydrogen-bond acceptors (Lipinski definition) is 6. The van der Waals surface area contributed by atoms with Crippen LogP contribution in [0.2, 0.25) is 0 Å². The van der Waals surface area contributed by atoms with Gasteiger partial charge in [-0.05, 0) is 23.8 Å². The van der Waals surface area contributed by atoms with Gasteiger partial charge in [0.25, 0.3) is 0 Å². The van der Waals surface area contributed by atoms with Crippen LogP contribution in [0.1, 0.15) is 21.2 Å². The third-order valence-electron chi connectivity index (χ3n) is 3.95. The van der Waals surface area contributed by atoms with Gasteiger partial charge in [0.1, 0.15) is 5.25 Å². The van der Waals surface area contributed by atoms with Crippen LogP contribution < -0.4 is 0 Å². The second-order valence-corrected chi connectivity index (χ2v) is 9.44. The van der Waals surface area contributed by atoms with Gasteiger partial charge in [0.05, 0.1) is 28.2 Å². The first-order valence-electron chi connectivity index (χ1n) is 7.02. The summed E-state index contributed by atoms with van der Waals surface area (Å²) < 4.78 is 55.3. The van der Waals surface area contributed by atoms with Gasteiger partial charge in [0.15, 0.2) is 19.7 Å². The Morgan fingerprint density at radius 3 is 2.42 bits per heavy atom. The monoisotopic (exact) mass is 366 g/mol. The fourth-order valence-corrected chi connectivity index (χ4v) is 7.33. The molecule has 1 aliphatic heterocycles. The molecule has 0 N–H and O–H groups in total. The third kappa shape index (κ3) is 2.51. The van der Waals surface area contributed by atoms with Crippen LogP contribution >= 0.6 is 0 Å². The van der Waals surface area contributed by atoms with Crippen molar-refractivity contribution in [2.45, 2.75) is 15.0 Å². The van der Waals surface area contributed by atoms with Crippen LogP contribution in [-0.4, -0.2) is 35.7 Å². The van der Waals surface area contributed by atoms with E-state index in [1.165, 1.54) is 36.4 Å². The smallest absolute Gasteiger partial charge is 0.339 e. The molecule has 24 heavy (non-hydrogen) atoms. The van der Waals surface area contributed by atoms with Gasteiger partial charge < -0.3 is 4.74 Å². The minimum Gasteiger partial charge on any atom is -0.465 e. The zero-order valence-corrected chi connectivity index (χ0v) is 14.3. The van der Waals surface area contributed by atoms with E-state index >= 15 is 0 Å². The molecule has 2 aromatic rings. The number of benzene rings is 2. The Morgan fingerprint density at radius 1 is 1.08 bits per heavy atom. The highest BCUT2D eigenvalue weighted by molar-refractivity contribution is 7.96. The van der Waals surface area contributed by atoms with Gasteiger partial charge in [-0.3, -0.25) is 0 Å². The molecule has 0 aromatic heterocycles. The number of sulfone groups is 2. The van der Waals surface area contributed by atoms with E-state index in [4.69, 9.17) is 0 Å². The molecule has 8 heteroatoms. The second kappa shape index (κ2) is 5.71. The number of carbonyl (C=O) groups excluding carboxylic acids is 1. The van der Waals surface area contributed by atoms with Crippen molar-refractivity contribution >= 4 is 25.6 Å².